The summed E-state index contributed by atoms with van der Waals surface area (Å²) >= 11 is 1.49. The van der Waals surface area contributed by atoms with Crippen LogP contribution in [-0.4, -0.2) is 30.3 Å². The van der Waals surface area contributed by atoms with Crippen LogP contribution in [0.2, 0.25) is 0 Å². The highest BCUT2D eigenvalue weighted by Gasteiger charge is 2.24. The van der Waals surface area contributed by atoms with E-state index in [4.69, 9.17) is 4.52 Å². The van der Waals surface area contributed by atoms with Gasteiger partial charge in [-0.15, -0.1) is 5.10 Å². The van der Waals surface area contributed by atoms with E-state index >= 15 is 0 Å². The largest absolute Gasteiger partial charge is 0.338 e. The summed E-state index contributed by atoms with van der Waals surface area (Å²) in [6.45, 7) is 3.69. The molecule has 1 aliphatic carbocycles. The first kappa shape index (κ1) is 18.1. The molecule has 2 heterocycles. The average molecular weight is 388 g/mol. The molecule has 1 aromatic carbocycles. The maximum Gasteiger partial charge on any atom is 0.240 e. The van der Waals surface area contributed by atoms with E-state index in [-0.39, 0.29) is 11.1 Å². The van der Waals surface area contributed by atoms with Crippen molar-refractivity contribution >= 4 is 11.8 Å². The van der Waals surface area contributed by atoms with E-state index in [1.807, 2.05) is 11.6 Å². The molecule has 3 aromatic rings. The van der Waals surface area contributed by atoms with E-state index in [1.165, 1.54) is 37.1 Å². The number of tetrazole rings is 1. The zero-order chi connectivity index (χ0) is 18.8. The summed E-state index contributed by atoms with van der Waals surface area (Å²) in [5.74, 6) is 0.560. The number of aryl methyl sites for hydroxylation is 1. The second-order valence-corrected chi connectivity index (χ2v) is 8.19. The molecule has 7 nitrogen and oxygen atoms in total. The van der Waals surface area contributed by atoms with Crippen molar-refractivity contribution in [1.82, 2.24) is 30.3 Å². The van der Waals surface area contributed by atoms with Crippen LogP contribution < -0.4 is 0 Å². The zero-order valence-electron chi connectivity index (χ0n) is 15.3. The van der Waals surface area contributed by atoms with Crippen molar-refractivity contribution in [3.05, 3.63) is 35.5 Å². The van der Waals surface area contributed by atoms with Crippen LogP contribution in [-0.2, 0) is 0 Å². The van der Waals surface area contributed by atoms with Gasteiger partial charge in [0.15, 0.2) is 0 Å². The minimum absolute atomic E-state index is 0.116. The first-order valence-corrected chi connectivity index (χ1v) is 10.0. The van der Waals surface area contributed by atoms with E-state index < -0.39 is 0 Å². The van der Waals surface area contributed by atoms with Gasteiger partial charge in [0, 0.05) is 5.56 Å². The van der Waals surface area contributed by atoms with Crippen molar-refractivity contribution in [2.75, 3.05) is 0 Å². The van der Waals surface area contributed by atoms with Gasteiger partial charge in [0.05, 0.1) is 11.3 Å². The predicted molar refractivity (Wildman–Crippen MR) is 98.6 cm³/mol. The van der Waals surface area contributed by atoms with Gasteiger partial charge in [0.25, 0.3) is 0 Å². The maximum absolute atomic E-state index is 13.8. The van der Waals surface area contributed by atoms with Crippen LogP contribution in [0.1, 0.15) is 61.8 Å². The molecule has 1 atom stereocenters. The molecule has 1 aliphatic rings. The highest BCUT2D eigenvalue weighted by Crippen LogP contribution is 2.36. The summed E-state index contributed by atoms with van der Waals surface area (Å²) in [5.41, 5.74) is 1.18. The molecule has 0 radical (unpaired) electrons. The second-order valence-electron chi connectivity index (χ2n) is 6.88. The van der Waals surface area contributed by atoms with Crippen LogP contribution in [0.4, 0.5) is 4.39 Å². The number of nitrogens with zero attached hydrogens (tertiary/aromatic N) is 6. The average Bonchev–Trinajstić information content (AvgIpc) is 3.34. The lowest BCUT2D eigenvalue weighted by atomic mass is 9.96. The fourth-order valence-electron chi connectivity index (χ4n) is 3.28. The van der Waals surface area contributed by atoms with Gasteiger partial charge in [0.2, 0.25) is 16.9 Å². The topological polar surface area (TPSA) is 82.5 Å². The molecule has 27 heavy (non-hydrogen) atoms. The Kier molecular flexibility index (Phi) is 5.20. The SMILES string of the molecule is Cc1ccc(-c2noc(C(C)Sc3nnnn3C3CCCCC3)n2)cc1F. The van der Waals surface area contributed by atoms with Gasteiger partial charge >= 0.3 is 0 Å². The number of halogens is 1. The summed E-state index contributed by atoms with van der Waals surface area (Å²) in [6.07, 6.45) is 5.92. The Balaban J connectivity index is 1.49. The molecule has 1 fully saturated rings. The molecule has 0 N–H and O–H groups in total. The van der Waals surface area contributed by atoms with Crippen molar-refractivity contribution in [2.24, 2.45) is 0 Å². The van der Waals surface area contributed by atoms with Crippen molar-refractivity contribution in [2.45, 2.75) is 62.4 Å². The highest BCUT2D eigenvalue weighted by atomic mass is 32.2. The Hall–Kier alpha value is -2.29. The fraction of sp³-hybridized carbons (Fsp3) is 0.500. The van der Waals surface area contributed by atoms with E-state index in [9.17, 15) is 4.39 Å². The van der Waals surface area contributed by atoms with Crippen LogP contribution in [0.25, 0.3) is 11.4 Å². The molecule has 1 unspecified atom stereocenters. The monoisotopic (exact) mass is 388 g/mol. The Morgan fingerprint density at radius 1 is 1.26 bits per heavy atom. The third-order valence-electron chi connectivity index (χ3n) is 4.88. The first-order valence-electron chi connectivity index (χ1n) is 9.16. The van der Waals surface area contributed by atoms with E-state index in [0.29, 0.717) is 28.9 Å². The molecular formula is C18H21FN6OS. The number of hydrogen-bond acceptors (Lipinski definition) is 7. The molecule has 2 aromatic heterocycles. The maximum atomic E-state index is 13.8. The number of rotatable bonds is 5. The lowest BCUT2D eigenvalue weighted by Gasteiger charge is -2.22. The lowest BCUT2D eigenvalue weighted by Crippen LogP contribution is -2.15. The smallest absolute Gasteiger partial charge is 0.240 e. The molecule has 9 heteroatoms. The third-order valence-corrected chi connectivity index (χ3v) is 5.92. The van der Waals surface area contributed by atoms with E-state index in [2.05, 4.69) is 25.7 Å². The quantitative estimate of drug-likeness (QED) is 0.594. The van der Waals surface area contributed by atoms with Gasteiger partial charge in [-0.05, 0) is 48.7 Å². The van der Waals surface area contributed by atoms with E-state index in [0.717, 1.165) is 18.0 Å². The Labute approximate surface area is 160 Å². The normalized spacial score (nSPS) is 16.6. The van der Waals surface area contributed by atoms with Crippen LogP contribution in [0, 0.1) is 12.7 Å². The summed E-state index contributed by atoms with van der Waals surface area (Å²) in [6, 6.07) is 5.27. The standard InChI is InChI=1S/C18H21FN6OS/c1-11-8-9-13(10-15(11)19)16-20-17(26-22-16)12(2)27-18-21-23-24-25(18)14-6-4-3-5-7-14/h8-10,12,14H,3-7H2,1-2H3. The lowest BCUT2D eigenvalue weighted by molar-refractivity contribution is 0.307. The van der Waals surface area contributed by atoms with Gasteiger partial charge in [-0.25, -0.2) is 9.07 Å². The molecule has 0 aliphatic heterocycles. The number of aromatic nitrogens is 6. The van der Waals surface area contributed by atoms with Crippen molar-refractivity contribution in [3.8, 4) is 11.4 Å². The van der Waals surface area contributed by atoms with Crippen molar-refractivity contribution in [1.29, 1.82) is 0 Å². The summed E-state index contributed by atoms with van der Waals surface area (Å²) in [5, 5.41) is 16.8. The highest BCUT2D eigenvalue weighted by molar-refractivity contribution is 7.99. The van der Waals surface area contributed by atoms with Crippen LogP contribution in [0.3, 0.4) is 0 Å². The third kappa shape index (κ3) is 3.87. The minimum atomic E-state index is -0.284. The number of thioether (sulfide) groups is 1. The molecule has 0 bridgehead atoms. The fourth-order valence-corrected chi connectivity index (χ4v) is 4.17. The Morgan fingerprint density at radius 3 is 2.85 bits per heavy atom. The molecule has 0 saturated heterocycles. The summed E-state index contributed by atoms with van der Waals surface area (Å²) in [7, 11) is 0. The van der Waals surface area contributed by atoms with Crippen LogP contribution >= 0.6 is 11.8 Å². The van der Waals surface area contributed by atoms with Gasteiger partial charge in [0.1, 0.15) is 5.82 Å². The van der Waals surface area contributed by atoms with Gasteiger partial charge in [-0.2, -0.15) is 4.98 Å². The van der Waals surface area contributed by atoms with Gasteiger partial charge < -0.3 is 4.52 Å². The van der Waals surface area contributed by atoms with E-state index in [1.54, 1.807) is 19.1 Å². The molecule has 0 spiro atoms. The van der Waals surface area contributed by atoms with Crippen molar-refractivity contribution < 1.29 is 8.91 Å². The minimum Gasteiger partial charge on any atom is -0.338 e. The molecule has 4 rings (SSSR count). The number of benzene rings is 1. The Morgan fingerprint density at radius 2 is 2.07 bits per heavy atom. The van der Waals surface area contributed by atoms with Crippen LogP contribution in [0.5, 0.6) is 0 Å². The zero-order valence-corrected chi connectivity index (χ0v) is 16.1. The molecular weight excluding hydrogens is 367 g/mol. The number of hydrogen-bond donors (Lipinski definition) is 0. The molecule has 0 amide bonds. The van der Waals surface area contributed by atoms with Crippen LogP contribution in [0.15, 0.2) is 27.9 Å². The Bertz CT molecular complexity index is 920. The molecule has 1 saturated carbocycles. The second kappa shape index (κ2) is 7.75. The summed E-state index contributed by atoms with van der Waals surface area (Å²) < 4.78 is 21.1. The van der Waals surface area contributed by atoms with Gasteiger partial charge in [-0.1, -0.05) is 48.3 Å². The van der Waals surface area contributed by atoms with Gasteiger partial charge in [-0.3, -0.25) is 0 Å². The molecule has 142 valence electrons. The predicted octanol–water partition coefficient (Wildman–Crippen LogP) is 4.53. The van der Waals surface area contributed by atoms with Crippen molar-refractivity contribution in [3.63, 3.8) is 0 Å². The first-order chi connectivity index (χ1) is 13.1. The summed E-state index contributed by atoms with van der Waals surface area (Å²) in [4.78, 5) is 4.43.